The highest BCUT2D eigenvalue weighted by molar-refractivity contribution is 6.10. The number of anilines is 1. The van der Waals surface area contributed by atoms with Crippen LogP contribution in [0.4, 0.5) is 5.69 Å². The molecule has 5 aromatic carbocycles. The Kier molecular flexibility index (Phi) is 6.75. The quantitative estimate of drug-likeness (QED) is 0.200. The molecule has 7 heteroatoms. The van der Waals surface area contributed by atoms with E-state index >= 15 is 0 Å². The number of hydrogen-bond acceptors (Lipinski definition) is 6. The van der Waals surface area contributed by atoms with Gasteiger partial charge in [-0.3, -0.25) is 15.0 Å². The van der Waals surface area contributed by atoms with Crippen molar-refractivity contribution in [3.8, 4) is 17.3 Å². The molecule has 0 saturated carbocycles. The Bertz CT molecular complexity index is 2620. The smallest absolute Gasteiger partial charge is 0.168 e. The summed E-state index contributed by atoms with van der Waals surface area (Å²) in [5, 5.41) is 6.51. The van der Waals surface area contributed by atoms with Crippen molar-refractivity contribution in [1.29, 1.82) is 0 Å². The standard InChI is InChI=1S/C43H37N5O2/c1-26-11-10-12-27(2)41(26)48-42(45-25-46-48)34-22-30(24-38-40(34)33-14-7-9-16-37(33)50-38)49-29-17-18-32-31-13-6-8-15-35(31)47(36(32)23-29)39-21-28(19-20-44-39)43(3,4)5/h6-25,42H,1-5H3,(H,45,46). The van der Waals surface area contributed by atoms with Gasteiger partial charge < -0.3 is 9.15 Å². The molecule has 0 aliphatic carbocycles. The number of para-hydroxylation sites is 3. The first kappa shape index (κ1) is 30.0. The van der Waals surface area contributed by atoms with Gasteiger partial charge in [-0.15, -0.1) is 0 Å². The van der Waals surface area contributed by atoms with Crippen LogP contribution in [0, 0.1) is 13.8 Å². The van der Waals surface area contributed by atoms with Crippen molar-refractivity contribution in [2.24, 2.45) is 4.99 Å². The average molecular weight is 656 g/mol. The predicted molar refractivity (Wildman–Crippen MR) is 204 cm³/mol. The minimum absolute atomic E-state index is 0.00983. The number of aromatic nitrogens is 2. The first-order valence-electron chi connectivity index (χ1n) is 17.0. The Balaban J connectivity index is 1.20. The molecule has 4 heterocycles. The van der Waals surface area contributed by atoms with Crippen LogP contribution in [-0.2, 0) is 5.41 Å². The van der Waals surface area contributed by atoms with Crippen LogP contribution in [0.15, 0.2) is 125 Å². The van der Waals surface area contributed by atoms with Crippen molar-refractivity contribution in [2.75, 3.05) is 5.01 Å². The van der Waals surface area contributed by atoms with Crippen molar-refractivity contribution in [3.05, 3.63) is 138 Å². The first-order chi connectivity index (χ1) is 24.2. The van der Waals surface area contributed by atoms with Crippen LogP contribution >= 0.6 is 0 Å². The minimum atomic E-state index is -0.340. The highest BCUT2D eigenvalue weighted by Gasteiger charge is 2.30. The monoisotopic (exact) mass is 655 g/mol. The van der Waals surface area contributed by atoms with Gasteiger partial charge in [0.15, 0.2) is 6.17 Å². The van der Waals surface area contributed by atoms with E-state index < -0.39 is 0 Å². The summed E-state index contributed by atoms with van der Waals surface area (Å²) < 4.78 is 15.5. The largest absolute Gasteiger partial charge is 0.457 e. The summed E-state index contributed by atoms with van der Waals surface area (Å²) in [5.41, 5.74) is 12.8. The third-order valence-corrected chi connectivity index (χ3v) is 9.82. The summed E-state index contributed by atoms with van der Waals surface area (Å²) >= 11 is 0. The van der Waals surface area contributed by atoms with Crippen LogP contribution in [0.2, 0.25) is 0 Å². The summed E-state index contributed by atoms with van der Waals surface area (Å²) in [7, 11) is 0. The fourth-order valence-electron chi connectivity index (χ4n) is 7.42. The lowest BCUT2D eigenvalue weighted by atomic mass is 9.88. The van der Waals surface area contributed by atoms with Gasteiger partial charge in [-0.25, -0.2) is 9.98 Å². The molecule has 1 atom stereocenters. The van der Waals surface area contributed by atoms with E-state index in [2.05, 4.69) is 128 Å². The van der Waals surface area contributed by atoms with Gasteiger partial charge >= 0.3 is 0 Å². The van der Waals surface area contributed by atoms with Gasteiger partial charge in [0.25, 0.3) is 0 Å². The Morgan fingerprint density at radius 1 is 0.720 bits per heavy atom. The van der Waals surface area contributed by atoms with E-state index in [4.69, 9.17) is 19.1 Å². The molecule has 1 N–H and O–H groups in total. The Morgan fingerprint density at radius 2 is 1.48 bits per heavy atom. The second-order valence-corrected chi connectivity index (χ2v) is 14.2. The maximum absolute atomic E-state index is 6.76. The Labute approximate surface area is 290 Å². The van der Waals surface area contributed by atoms with E-state index in [0.29, 0.717) is 5.75 Å². The summed E-state index contributed by atoms with van der Waals surface area (Å²) in [5.74, 6) is 2.27. The number of furan rings is 1. The molecule has 0 amide bonds. The molecule has 0 spiro atoms. The third kappa shape index (κ3) is 4.80. The average Bonchev–Trinajstić information content (AvgIpc) is 3.82. The molecule has 246 valence electrons. The fraction of sp³-hybridized carbons (Fsp3) is 0.163. The van der Waals surface area contributed by atoms with E-state index in [1.165, 1.54) is 22.1 Å². The van der Waals surface area contributed by atoms with E-state index in [1.807, 2.05) is 36.5 Å². The van der Waals surface area contributed by atoms with Crippen LogP contribution in [0.25, 0.3) is 49.6 Å². The highest BCUT2D eigenvalue weighted by Crippen LogP contribution is 2.43. The number of fused-ring (bicyclic) bond motifs is 6. The van der Waals surface area contributed by atoms with Gasteiger partial charge in [-0.2, -0.15) is 0 Å². The van der Waals surface area contributed by atoms with E-state index in [-0.39, 0.29) is 11.6 Å². The van der Waals surface area contributed by atoms with Gasteiger partial charge in [0.05, 0.1) is 16.7 Å². The van der Waals surface area contributed by atoms with Crippen LogP contribution < -0.4 is 15.2 Å². The molecule has 7 nitrogen and oxygen atoms in total. The molecule has 0 saturated heterocycles. The van der Waals surface area contributed by atoms with Gasteiger partial charge in [0, 0.05) is 45.4 Å². The van der Waals surface area contributed by atoms with E-state index in [1.54, 1.807) is 6.34 Å². The molecule has 1 aliphatic rings. The number of pyridine rings is 1. The predicted octanol–water partition coefficient (Wildman–Crippen LogP) is 10.8. The second-order valence-electron chi connectivity index (χ2n) is 14.2. The van der Waals surface area contributed by atoms with Gasteiger partial charge in [0.1, 0.15) is 34.8 Å². The molecular formula is C43H37N5O2. The van der Waals surface area contributed by atoms with E-state index in [0.717, 1.165) is 61.2 Å². The first-order valence-corrected chi connectivity index (χ1v) is 17.0. The number of rotatable bonds is 5. The van der Waals surface area contributed by atoms with Gasteiger partial charge in [-0.1, -0.05) is 75.4 Å². The minimum Gasteiger partial charge on any atom is -0.457 e. The SMILES string of the molecule is Cc1cccc(C)c1N1NC=NC1c1cc(Oc2ccc3c4ccccc4n(-c4cc(C(C)(C)C)ccn4)c3c2)cc2oc3ccccc3c12. The van der Waals surface area contributed by atoms with Gasteiger partial charge in [0.2, 0.25) is 0 Å². The molecule has 0 fully saturated rings. The topological polar surface area (TPSA) is 67.8 Å². The van der Waals surface area contributed by atoms with Crippen LogP contribution in [0.5, 0.6) is 11.5 Å². The lowest BCUT2D eigenvalue weighted by Gasteiger charge is -2.29. The summed E-state index contributed by atoms with van der Waals surface area (Å²) in [4.78, 5) is 9.80. The van der Waals surface area contributed by atoms with Crippen LogP contribution in [0.3, 0.4) is 0 Å². The Hall–Kier alpha value is -6.08. The fourth-order valence-corrected chi connectivity index (χ4v) is 7.42. The number of nitrogens with zero attached hydrogens (tertiary/aromatic N) is 4. The lowest BCUT2D eigenvalue weighted by Crippen LogP contribution is -2.35. The zero-order chi connectivity index (χ0) is 34.1. The number of nitrogens with one attached hydrogen (secondary N) is 1. The zero-order valence-corrected chi connectivity index (χ0v) is 28.7. The molecule has 1 aliphatic heterocycles. The molecule has 9 rings (SSSR count). The number of ether oxygens (including phenoxy) is 1. The maximum Gasteiger partial charge on any atom is 0.168 e. The summed E-state index contributed by atoms with van der Waals surface area (Å²) in [6.45, 7) is 10.9. The molecule has 0 radical (unpaired) electrons. The number of hydrogen-bond donors (Lipinski definition) is 1. The number of benzene rings is 5. The third-order valence-electron chi connectivity index (χ3n) is 9.82. The highest BCUT2D eigenvalue weighted by atomic mass is 16.5. The second kappa shape index (κ2) is 11.2. The zero-order valence-electron chi connectivity index (χ0n) is 28.7. The molecule has 3 aromatic heterocycles. The van der Waals surface area contributed by atoms with Crippen molar-refractivity contribution < 1.29 is 9.15 Å². The molecule has 8 aromatic rings. The van der Waals surface area contributed by atoms with Gasteiger partial charge in [-0.05, 0) is 78.4 Å². The van der Waals surface area contributed by atoms with E-state index in [9.17, 15) is 0 Å². The Morgan fingerprint density at radius 3 is 2.30 bits per heavy atom. The number of aryl methyl sites for hydroxylation is 2. The van der Waals surface area contributed by atoms with Crippen LogP contribution in [-0.4, -0.2) is 15.9 Å². The maximum atomic E-state index is 6.76. The van der Waals surface area contributed by atoms with Crippen molar-refractivity contribution >= 4 is 55.8 Å². The molecule has 1 unspecified atom stereocenters. The lowest BCUT2D eigenvalue weighted by molar-refractivity contribution is 0.481. The van der Waals surface area contributed by atoms with Crippen molar-refractivity contribution in [1.82, 2.24) is 15.0 Å². The number of aliphatic imine (C=N–C) groups is 1. The van der Waals surface area contributed by atoms with Crippen molar-refractivity contribution in [3.63, 3.8) is 0 Å². The van der Waals surface area contributed by atoms with Crippen molar-refractivity contribution in [2.45, 2.75) is 46.2 Å². The number of hydrazine groups is 1. The summed E-state index contributed by atoms with van der Waals surface area (Å²) in [6, 6.07) is 37.7. The van der Waals surface area contributed by atoms with Crippen LogP contribution in [0.1, 0.15) is 49.2 Å². The normalized spacial score (nSPS) is 14.7. The molecule has 50 heavy (non-hydrogen) atoms. The summed E-state index contributed by atoms with van der Waals surface area (Å²) in [6.07, 6.45) is 3.34. The molecular weight excluding hydrogens is 619 g/mol. The molecule has 0 bridgehead atoms.